The predicted molar refractivity (Wildman–Crippen MR) is 137 cm³/mol. The number of aromatic nitrogens is 2. The molecule has 1 aromatic heterocycles. The molecule has 37 heavy (non-hydrogen) atoms. The number of nitrogens with one attached hydrogen (secondary N) is 1. The maximum Gasteiger partial charge on any atom is 0.535 e. The largest absolute Gasteiger partial charge is 0.535 e. The van der Waals surface area contributed by atoms with Crippen LogP contribution in [0.4, 0.5) is 4.79 Å². The molecule has 2 rings (SSSR count). The Kier molecular flexibility index (Phi) is 11.1. The van der Waals surface area contributed by atoms with Gasteiger partial charge in [-0.3, -0.25) is 28.5 Å². The lowest BCUT2D eigenvalue weighted by atomic mass is 9.84. The number of rotatable bonds is 12. The lowest BCUT2D eigenvalue weighted by Crippen LogP contribution is -2.45. The minimum atomic E-state index is -4.40. The third-order valence-corrected chi connectivity index (χ3v) is 7.73. The predicted octanol–water partition coefficient (Wildman–Crippen LogP) is 5.28. The van der Waals surface area contributed by atoms with E-state index in [-0.39, 0.29) is 48.2 Å². The summed E-state index contributed by atoms with van der Waals surface area (Å²) in [6.07, 6.45) is -0.925. The van der Waals surface area contributed by atoms with Crippen molar-refractivity contribution >= 4 is 42.4 Å². The van der Waals surface area contributed by atoms with Crippen molar-refractivity contribution in [1.82, 2.24) is 10.2 Å². The van der Waals surface area contributed by atoms with Crippen molar-refractivity contribution < 1.29 is 42.1 Å². The van der Waals surface area contributed by atoms with Crippen molar-refractivity contribution in [2.45, 2.75) is 91.8 Å². The number of carbonyl (C=O) groups is 4. The Morgan fingerprint density at radius 1 is 1.19 bits per heavy atom. The first-order valence-electron chi connectivity index (χ1n) is 12.1. The van der Waals surface area contributed by atoms with Gasteiger partial charge in [0.25, 0.3) is 0 Å². The molecule has 1 saturated heterocycles. The number of thioether (sulfide) groups is 1. The summed E-state index contributed by atoms with van der Waals surface area (Å²) in [5.74, 6) is 0.229. The van der Waals surface area contributed by atoms with Gasteiger partial charge >= 0.3 is 14.0 Å². The third-order valence-electron chi connectivity index (χ3n) is 5.55. The summed E-state index contributed by atoms with van der Waals surface area (Å²) in [7, 11) is -4.40. The van der Waals surface area contributed by atoms with Gasteiger partial charge < -0.3 is 9.26 Å². The first-order chi connectivity index (χ1) is 17.1. The Morgan fingerprint density at radius 2 is 1.86 bits per heavy atom. The van der Waals surface area contributed by atoms with E-state index in [0.29, 0.717) is 30.7 Å². The Labute approximate surface area is 221 Å². The zero-order valence-electron chi connectivity index (χ0n) is 22.3. The first kappa shape index (κ1) is 31.2. The van der Waals surface area contributed by atoms with Gasteiger partial charge in [-0.1, -0.05) is 46.4 Å². The molecule has 0 radical (unpaired) electrons. The van der Waals surface area contributed by atoms with E-state index in [4.69, 9.17) is 18.3 Å². The summed E-state index contributed by atoms with van der Waals surface area (Å²) >= 11 is 1.18. The minimum Gasteiger partial charge on any atom is -0.428 e. The molecule has 1 N–H and O–H groups in total. The number of nitrogens with zero attached hydrogens (tertiary/aromatic N) is 1. The van der Waals surface area contributed by atoms with Gasteiger partial charge in [0.2, 0.25) is 0 Å². The number of Topliss-reactive ketones (excluding diaryl/α,β-unsaturated/α-hetero) is 2. The second-order valence-electron chi connectivity index (χ2n) is 10.7. The normalized spacial score (nSPS) is 21.3. The third kappa shape index (κ3) is 10.3. The number of H-pyrrole nitrogens is 1. The van der Waals surface area contributed by atoms with Gasteiger partial charge in [-0.25, -0.2) is 9.36 Å². The number of phosphoric ester groups is 1. The molecule has 0 amide bonds. The lowest BCUT2D eigenvalue weighted by Gasteiger charge is -2.38. The van der Waals surface area contributed by atoms with Crippen LogP contribution in [0.15, 0.2) is 6.07 Å². The zero-order chi connectivity index (χ0) is 27.9. The molecule has 0 unspecified atom stereocenters. The van der Waals surface area contributed by atoms with Gasteiger partial charge in [0.15, 0.2) is 10.9 Å². The topological polar surface area (TPSA) is 151 Å². The molecule has 13 heteroatoms. The Morgan fingerprint density at radius 3 is 2.49 bits per heavy atom. The molecular weight excluding hydrogens is 523 g/mol. The van der Waals surface area contributed by atoms with Gasteiger partial charge in [-0.05, 0) is 18.9 Å². The van der Waals surface area contributed by atoms with Crippen LogP contribution in [0.5, 0.6) is 0 Å². The molecule has 2 atom stereocenters. The summed E-state index contributed by atoms with van der Waals surface area (Å²) in [6, 6.07) is 1.75. The summed E-state index contributed by atoms with van der Waals surface area (Å²) in [4.78, 5) is 48.0. The minimum absolute atomic E-state index is 0.00717. The summed E-state index contributed by atoms with van der Waals surface area (Å²) in [5, 5.41) is 6.94. The average Bonchev–Trinajstić information content (AvgIpc) is 3.27. The fourth-order valence-corrected chi connectivity index (χ4v) is 5.56. The Hall–Kier alpha value is -2.01. The van der Waals surface area contributed by atoms with Crippen LogP contribution in [0.3, 0.4) is 0 Å². The van der Waals surface area contributed by atoms with Crippen molar-refractivity contribution in [1.29, 1.82) is 0 Å². The molecule has 0 bridgehead atoms. The number of aromatic amines is 1. The van der Waals surface area contributed by atoms with Gasteiger partial charge in [-0.15, -0.1) is 0 Å². The number of hydrogen-bond donors (Lipinski definition) is 1. The molecule has 0 aromatic carbocycles. The number of ether oxygens (including phenoxy) is 1. The molecule has 1 aliphatic heterocycles. The highest BCUT2D eigenvalue weighted by molar-refractivity contribution is 8.13. The molecular formula is C24H37N2O9PS. The molecule has 11 nitrogen and oxygen atoms in total. The molecule has 1 aromatic rings. The number of hydrogen-bond acceptors (Lipinski definition) is 11. The molecule has 0 spiro atoms. The van der Waals surface area contributed by atoms with E-state index >= 15 is 0 Å². The summed E-state index contributed by atoms with van der Waals surface area (Å²) in [6.45, 7) is 10.5. The van der Waals surface area contributed by atoms with Crippen molar-refractivity contribution in [3.63, 3.8) is 0 Å². The highest BCUT2D eigenvalue weighted by Crippen LogP contribution is 2.57. The SMILES string of the molecule is CC(=O)SCCCC(=O)CCCC(=O)[C@@H]1O[P@](=O)(OC(=O)OCc2cc(C(C)(C)C)n[nH]2)OCC1(C)C. The van der Waals surface area contributed by atoms with E-state index in [0.717, 1.165) is 5.69 Å². The fraction of sp³-hybridized carbons (Fsp3) is 0.708. The summed E-state index contributed by atoms with van der Waals surface area (Å²) in [5.41, 5.74) is 0.280. The molecule has 0 saturated carbocycles. The van der Waals surface area contributed by atoms with E-state index in [2.05, 4.69) is 10.2 Å². The van der Waals surface area contributed by atoms with Gasteiger partial charge in [0.1, 0.15) is 18.5 Å². The van der Waals surface area contributed by atoms with E-state index in [9.17, 15) is 23.7 Å². The molecule has 0 aliphatic carbocycles. The molecule has 2 heterocycles. The van der Waals surface area contributed by atoms with Crippen molar-refractivity contribution in [2.75, 3.05) is 12.4 Å². The van der Waals surface area contributed by atoms with E-state index in [1.54, 1.807) is 19.9 Å². The highest BCUT2D eigenvalue weighted by Gasteiger charge is 2.50. The van der Waals surface area contributed by atoms with Crippen LogP contribution in [0.2, 0.25) is 0 Å². The average molecular weight is 561 g/mol. The van der Waals surface area contributed by atoms with Crippen LogP contribution < -0.4 is 0 Å². The van der Waals surface area contributed by atoms with Crippen molar-refractivity contribution in [2.24, 2.45) is 5.41 Å². The standard InChI is InChI=1S/C24H37N2O9PS/c1-16(27)37-12-8-10-18(28)9-7-11-19(29)21-24(5,6)15-33-36(31,34-21)35-22(30)32-14-17-13-20(26-25-17)23(2,3)4/h13,21H,7-12,14-15H2,1-6H3,(H,25,26)/t21-,36+/m0/s1. The van der Waals surface area contributed by atoms with E-state index < -0.39 is 25.5 Å². The quantitative estimate of drug-likeness (QED) is 0.202. The van der Waals surface area contributed by atoms with Gasteiger partial charge in [0.05, 0.1) is 18.0 Å². The van der Waals surface area contributed by atoms with Crippen molar-refractivity contribution in [3.05, 3.63) is 17.5 Å². The first-order valence-corrected chi connectivity index (χ1v) is 14.6. The molecule has 1 aliphatic rings. The van der Waals surface area contributed by atoms with Gasteiger partial charge in [0, 0.05) is 42.8 Å². The van der Waals surface area contributed by atoms with Crippen LogP contribution in [0, 0.1) is 5.41 Å². The van der Waals surface area contributed by atoms with Crippen LogP contribution >= 0.6 is 19.6 Å². The number of carbonyl (C=O) groups excluding carboxylic acids is 4. The molecule has 1 fully saturated rings. The number of ketones is 2. The van der Waals surface area contributed by atoms with E-state index in [1.165, 1.54) is 18.7 Å². The lowest BCUT2D eigenvalue weighted by molar-refractivity contribution is -0.139. The van der Waals surface area contributed by atoms with Crippen LogP contribution in [-0.4, -0.2) is 51.5 Å². The second kappa shape index (κ2) is 13.2. The van der Waals surface area contributed by atoms with Crippen LogP contribution in [0.25, 0.3) is 0 Å². The smallest absolute Gasteiger partial charge is 0.428 e. The Balaban J connectivity index is 1.84. The zero-order valence-corrected chi connectivity index (χ0v) is 24.0. The maximum atomic E-state index is 12.9. The molecule has 208 valence electrons. The van der Waals surface area contributed by atoms with E-state index in [1.807, 2.05) is 20.8 Å². The fourth-order valence-electron chi connectivity index (χ4n) is 3.44. The number of phosphoric acid groups is 1. The van der Waals surface area contributed by atoms with Crippen LogP contribution in [0.1, 0.15) is 85.0 Å². The second-order valence-corrected chi connectivity index (χ2v) is 13.5. The summed E-state index contributed by atoms with van der Waals surface area (Å²) < 4.78 is 33.4. The van der Waals surface area contributed by atoms with Crippen molar-refractivity contribution in [3.8, 4) is 0 Å². The highest BCUT2D eigenvalue weighted by atomic mass is 32.2. The monoisotopic (exact) mass is 560 g/mol. The van der Waals surface area contributed by atoms with Gasteiger partial charge in [-0.2, -0.15) is 5.10 Å². The van der Waals surface area contributed by atoms with Crippen LogP contribution in [-0.2, 0) is 49.3 Å². The maximum absolute atomic E-state index is 12.9. The Bertz CT molecular complexity index is 1030.